The quantitative estimate of drug-likeness (QED) is 0.276. The van der Waals surface area contributed by atoms with Crippen LogP contribution in [-0.2, 0) is 4.79 Å². The molecule has 25 heavy (non-hydrogen) atoms. The molecule has 2 aromatic rings. The number of aromatic nitrogens is 2. The molecule has 8 heteroatoms. The number of nitriles is 1. The molecular formula is C17H17N5OS2. The summed E-state index contributed by atoms with van der Waals surface area (Å²) in [4.78, 5) is 20.6. The van der Waals surface area contributed by atoms with E-state index in [-0.39, 0.29) is 11.7 Å². The van der Waals surface area contributed by atoms with Crippen LogP contribution in [0.25, 0.3) is 0 Å². The SMILES string of the molecule is CSc1nc(C)cc(SCC(=O)NN=C(C)c2ccc(C#N)cc2)n1. The Bertz CT molecular complexity index is 828. The molecule has 0 spiro atoms. The van der Waals surface area contributed by atoms with Gasteiger partial charge in [0.05, 0.1) is 23.1 Å². The molecule has 6 nitrogen and oxygen atoms in total. The first-order valence-electron chi connectivity index (χ1n) is 7.38. The molecule has 1 heterocycles. The van der Waals surface area contributed by atoms with E-state index in [1.807, 2.05) is 19.2 Å². The first-order valence-corrected chi connectivity index (χ1v) is 9.59. The summed E-state index contributed by atoms with van der Waals surface area (Å²) < 4.78 is 0. The number of hydrogen-bond acceptors (Lipinski definition) is 7. The molecule has 0 radical (unpaired) electrons. The number of hydrogen-bond donors (Lipinski definition) is 1. The summed E-state index contributed by atoms with van der Waals surface area (Å²) in [6.45, 7) is 3.70. The Kier molecular flexibility index (Phi) is 6.98. The zero-order valence-electron chi connectivity index (χ0n) is 14.1. The Morgan fingerprint density at radius 2 is 2.04 bits per heavy atom. The fraction of sp³-hybridized carbons (Fsp3) is 0.235. The molecule has 0 atom stereocenters. The fourth-order valence-corrected chi connectivity index (χ4v) is 3.08. The van der Waals surface area contributed by atoms with Gasteiger partial charge in [0.15, 0.2) is 5.16 Å². The third-order valence-electron chi connectivity index (χ3n) is 3.12. The Balaban J connectivity index is 1.91. The van der Waals surface area contributed by atoms with Gasteiger partial charge < -0.3 is 0 Å². The molecule has 2 rings (SSSR count). The van der Waals surface area contributed by atoms with Gasteiger partial charge in [0.1, 0.15) is 5.03 Å². The van der Waals surface area contributed by atoms with E-state index in [0.29, 0.717) is 16.4 Å². The van der Waals surface area contributed by atoms with Gasteiger partial charge in [-0.05, 0) is 43.9 Å². The average Bonchev–Trinajstić information content (AvgIpc) is 2.64. The van der Waals surface area contributed by atoms with Crippen molar-refractivity contribution in [1.29, 1.82) is 5.26 Å². The Morgan fingerprint density at radius 1 is 1.32 bits per heavy atom. The molecule has 0 bridgehead atoms. The predicted octanol–water partition coefficient (Wildman–Crippen LogP) is 3.01. The van der Waals surface area contributed by atoms with Gasteiger partial charge in [0.25, 0.3) is 0 Å². The number of carbonyl (C=O) groups is 1. The lowest BCUT2D eigenvalue weighted by Gasteiger charge is -2.05. The molecule has 0 aliphatic rings. The summed E-state index contributed by atoms with van der Waals surface area (Å²) >= 11 is 2.81. The first kappa shape index (κ1) is 19.0. The molecule has 1 N–H and O–H groups in total. The highest BCUT2D eigenvalue weighted by atomic mass is 32.2. The third kappa shape index (κ3) is 5.89. The van der Waals surface area contributed by atoms with Crippen LogP contribution in [-0.4, -0.2) is 33.6 Å². The van der Waals surface area contributed by atoms with Crippen LogP contribution in [0, 0.1) is 18.3 Å². The summed E-state index contributed by atoms with van der Waals surface area (Å²) in [5.74, 6) is 0.00832. The van der Waals surface area contributed by atoms with Gasteiger partial charge in [-0.25, -0.2) is 15.4 Å². The molecule has 0 aliphatic heterocycles. The second kappa shape index (κ2) is 9.20. The molecule has 0 saturated heterocycles. The number of amides is 1. The van der Waals surface area contributed by atoms with E-state index in [2.05, 4.69) is 26.6 Å². The standard InChI is InChI=1S/C17H17N5OS2/c1-11-8-16(20-17(19-11)24-3)25-10-15(23)22-21-12(2)14-6-4-13(9-18)5-7-14/h4-8H,10H2,1-3H3,(H,22,23). The number of thioether (sulfide) groups is 2. The van der Waals surface area contributed by atoms with Crippen molar-refractivity contribution in [1.82, 2.24) is 15.4 Å². The number of rotatable bonds is 6. The van der Waals surface area contributed by atoms with Crippen LogP contribution in [0.3, 0.4) is 0 Å². The van der Waals surface area contributed by atoms with Gasteiger partial charge in [-0.1, -0.05) is 35.7 Å². The van der Waals surface area contributed by atoms with Gasteiger partial charge in [0, 0.05) is 5.69 Å². The molecule has 1 aromatic heterocycles. The highest BCUT2D eigenvalue weighted by Gasteiger charge is 2.06. The van der Waals surface area contributed by atoms with Crippen molar-refractivity contribution < 1.29 is 4.79 Å². The summed E-state index contributed by atoms with van der Waals surface area (Å²) in [5, 5.41) is 14.3. The van der Waals surface area contributed by atoms with Crippen LogP contribution in [0.2, 0.25) is 0 Å². The molecule has 128 valence electrons. The predicted molar refractivity (Wildman–Crippen MR) is 101 cm³/mol. The van der Waals surface area contributed by atoms with Crippen LogP contribution in [0.15, 0.2) is 45.6 Å². The van der Waals surface area contributed by atoms with Crippen LogP contribution < -0.4 is 5.43 Å². The van der Waals surface area contributed by atoms with E-state index in [4.69, 9.17) is 5.26 Å². The number of nitrogens with one attached hydrogen (secondary N) is 1. The van der Waals surface area contributed by atoms with Crippen molar-refractivity contribution in [2.24, 2.45) is 5.10 Å². The van der Waals surface area contributed by atoms with Gasteiger partial charge in [-0.2, -0.15) is 10.4 Å². The van der Waals surface area contributed by atoms with E-state index < -0.39 is 0 Å². The monoisotopic (exact) mass is 371 g/mol. The number of hydrazone groups is 1. The van der Waals surface area contributed by atoms with Crippen molar-refractivity contribution in [2.45, 2.75) is 24.0 Å². The van der Waals surface area contributed by atoms with Crippen LogP contribution in [0.4, 0.5) is 0 Å². The summed E-state index contributed by atoms with van der Waals surface area (Å²) in [7, 11) is 0. The van der Waals surface area contributed by atoms with Crippen LogP contribution >= 0.6 is 23.5 Å². The summed E-state index contributed by atoms with van der Waals surface area (Å²) in [5.41, 5.74) is 5.52. The van der Waals surface area contributed by atoms with E-state index in [9.17, 15) is 4.79 Å². The molecule has 1 aromatic carbocycles. The van der Waals surface area contributed by atoms with Crippen LogP contribution in [0.1, 0.15) is 23.7 Å². The molecule has 0 fully saturated rings. The van der Waals surface area contributed by atoms with Gasteiger partial charge in [-0.15, -0.1) is 0 Å². The zero-order chi connectivity index (χ0) is 18.2. The number of aryl methyl sites for hydroxylation is 1. The highest BCUT2D eigenvalue weighted by molar-refractivity contribution is 8.00. The van der Waals surface area contributed by atoms with Crippen molar-refractivity contribution in [3.63, 3.8) is 0 Å². The summed E-state index contributed by atoms with van der Waals surface area (Å²) in [6.07, 6.45) is 1.91. The lowest BCUT2D eigenvalue weighted by molar-refractivity contribution is -0.118. The fourth-order valence-electron chi connectivity index (χ4n) is 1.85. The van der Waals surface area contributed by atoms with Crippen LogP contribution in [0.5, 0.6) is 0 Å². The normalized spacial score (nSPS) is 11.0. The number of carbonyl (C=O) groups excluding carboxylic acids is 1. The first-order chi connectivity index (χ1) is 12.0. The van der Waals surface area contributed by atoms with Gasteiger partial charge in [-0.3, -0.25) is 4.79 Å². The molecular weight excluding hydrogens is 354 g/mol. The lowest BCUT2D eigenvalue weighted by Crippen LogP contribution is -2.21. The highest BCUT2D eigenvalue weighted by Crippen LogP contribution is 2.19. The maximum Gasteiger partial charge on any atom is 0.250 e. The van der Waals surface area contributed by atoms with Crippen molar-refractivity contribution in [2.75, 3.05) is 12.0 Å². The molecule has 1 amide bonds. The second-order valence-corrected chi connectivity index (χ2v) is 6.81. The molecule has 0 aliphatic carbocycles. The maximum absolute atomic E-state index is 12.0. The lowest BCUT2D eigenvalue weighted by atomic mass is 10.1. The third-order valence-corrected chi connectivity index (χ3v) is 4.58. The van der Waals surface area contributed by atoms with Crippen molar-refractivity contribution in [3.05, 3.63) is 47.2 Å². The van der Waals surface area contributed by atoms with E-state index in [1.54, 1.807) is 31.2 Å². The Morgan fingerprint density at radius 3 is 2.68 bits per heavy atom. The number of benzene rings is 1. The van der Waals surface area contributed by atoms with Crippen molar-refractivity contribution >= 4 is 35.1 Å². The van der Waals surface area contributed by atoms with Gasteiger partial charge in [0.2, 0.25) is 5.91 Å². The topological polar surface area (TPSA) is 91.0 Å². The largest absolute Gasteiger partial charge is 0.272 e. The minimum absolute atomic E-state index is 0.208. The smallest absolute Gasteiger partial charge is 0.250 e. The number of nitrogens with zero attached hydrogens (tertiary/aromatic N) is 4. The molecule has 0 unspecified atom stereocenters. The Hall–Kier alpha value is -2.37. The maximum atomic E-state index is 12.0. The van der Waals surface area contributed by atoms with E-state index in [1.165, 1.54) is 23.5 Å². The Labute approximate surface area is 155 Å². The van der Waals surface area contributed by atoms with Crippen molar-refractivity contribution in [3.8, 4) is 6.07 Å². The van der Waals surface area contributed by atoms with Gasteiger partial charge >= 0.3 is 0 Å². The minimum Gasteiger partial charge on any atom is -0.272 e. The summed E-state index contributed by atoms with van der Waals surface area (Å²) in [6, 6.07) is 10.9. The van der Waals surface area contributed by atoms with E-state index in [0.717, 1.165) is 16.3 Å². The second-order valence-electron chi connectivity index (χ2n) is 5.04. The van der Waals surface area contributed by atoms with E-state index >= 15 is 0 Å². The zero-order valence-corrected chi connectivity index (χ0v) is 15.7. The molecule has 0 saturated carbocycles. The average molecular weight is 371 g/mol. The minimum atomic E-state index is -0.208.